The summed E-state index contributed by atoms with van der Waals surface area (Å²) in [7, 11) is 3.30. The minimum absolute atomic E-state index is 0.0275. The van der Waals surface area contributed by atoms with Crippen LogP contribution in [0.5, 0.6) is 0 Å². The van der Waals surface area contributed by atoms with Gasteiger partial charge in [-0.15, -0.1) is 0 Å². The molecule has 15 heteroatoms. The number of fused-ring (bicyclic) bond motifs is 1. The van der Waals surface area contributed by atoms with Crippen molar-refractivity contribution in [2.24, 2.45) is 0 Å². The van der Waals surface area contributed by atoms with Crippen molar-refractivity contribution in [1.82, 2.24) is 29.9 Å². The quantitative estimate of drug-likeness (QED) is 0.163. The van der Waals surface area contributed by atoms with Gasteiger partial charge in [-0.1, -0.05) is 18.2 Å². The molecule has 8 rings (SSSR count). The van der Waals surface area contributed by atoms with Crippen LogP contribution in [-0.2, 0) is 20.9 Å². The molecular formula is C43H45F2N9O4. The minimum Gasteiger partial charge on any atom is -0.374 e. The van der Waals surface area contributed by atoms with Gasteiger partial charge in [0.2, 0.25) is 17.7 Å². The number of benzene rings is 3. The number of anilines is 3. The van der Waals surface area contributed by atoms with Gasteiger partial charge >= 0.3 is 0 Å². The molecule has 2 aromatic heterocycles. The summed E-state index contributed by atoms with van der Waals surface area (Å²) in [5.41, 5.74) is 5.13. The van der Waals surface area contributed by atoms with E-state index in [1.807, 2.05) is 53.6 Å². The Morgan fingerprint density at radius 1 is 0.948 bits per heavy atom. The van der Waals surface area contributed by atoms with Crippen molar-refractivity contribution in [3.63, 3.8) is 0 Å². The number of piperidine rings is 1. The minimum atomic E-state index is -0.594. The van der Waals surface area contributed by atoms with Crippen LogP contribution in [0.3, 0.4) is 0 Å². The molecule has 2 saturated heterocycles. The summed E-state index contributed by atoms with van der Waals surface area (Å²) in [5, 5.41) is 10.1. The van der Waals surface area contributed by atoms with E-state index in [1.165, 1.54) is 11.0 Å². The maximum absolute atomic E-state index is 16.5. The number of aromatic amines is 1. The normalized spacial score (nSPS) is 17.3. The number of H-pyrrole nitrogens is 1. The van der Waals surface area contributed by atoms with Gasteiger partial charge in [-0.3, -0.25) is 29.2 Å². The third kappa shape index (κ3) is 7.88. The fourth-order valence-corrected chi connectivity index (χ4v) is 7.98. The number of aryl methyl sites for hydroxylation is 1. The monoisotopic (exact) mass is 789 g/mol. The van der Waals surface area contributed by atoms with Crippen LogP contribution in [0.4, 0.5) is 25.8 Å². The first-order valence-corrected chi connectivity index (χ1v) is 19.5. The molecule has 0 bridgehead atoms. The number of nitrogens with zero attached hydrogens (tertiary/aromatic N) is 6. The zero-order valence-electron chi connectivity index (χ0n) is 32.4. The predicted octanol–water partition coefficient (Wildman–Crippen LogP) is 5.26. The van der Waals surface area contributed by atoms with Crippen LogP contribution < -0.4 is 20.4 Å². The number of aromatic nitrogens is 3. The van der Waals surface area contributed by atoms with Crippen molar-refractivity contribution < 1.29 is 28.0 Å². The van der Waals surface area contributed by atoms with Gasteiger partial charge < -0.3 is 29.9 Å². The summed E-state index contributed by atoms with van der Waals surface area (Å²) in [6.45, 7) is 3.75. The second-order valence-electron chi connectivity index (χ2n) is 15.1. The molecule has 1 unspecified atom stereocenters. The summed E-state index contributed by atoms with van der Waals surface area (Å²) in [6.07, 6.45) is 6.94. The fraction of sp³-hybridized carbons (Fsp3) is 0.326. The van der Waals surface area contributed by atoms with Gasteiger partial charge in [-0.25, -0.2) is 8.78 Å². The molecule has 13 nitrogen and oxygen atoms in total. The van der Waals surface area contributed by atoms with Crippen LogP contribution in [0.1, 0.15) is 41.7 Å². The second kappa shape index (κ2) is 16.2. The molecular weight excluding hydrogens is 745 g/mol. The number of halogens is 2. The van der Waals surface area contributed by atoms with E-state index in [0.717, 1.165) is 16.8 Å². The van der Waals surface area contributed by atoms with Gasteiger partial charge in [-0.2, -0.15) is 5.10 Å². The largest absolute Gasteiger partial charge is 0.374 e. The Kier molecular flexibility index (Phi) is 10.7. The van der Waals surface area contributed by atoms with Crippen molar-refractivity contribution in [3.05, 3.63) is 102 Å². The van der Waals surface area contributed by atoms with Crippen LogP contribution in [-0.4, -0.2) is 108 Å². The first kappa shape index (κ1) is 38.4. The standard InChI is InChI=1S/C43H45F2N9O4/c1-50(2)43(58)36-25-33-31(24-32(40(45)41(33)48-36)28-5-3-16-53(26-28)39(56)14-18-54-17-4-15-46-54)27-6-9-30(10-7-27)51-19-21-52(22-20-51)37-12-8-29(23-34(37)44)47-35-11-13-38(55)49-42(35)57/h4-10,12,15,17,23-25,35,47-48H,3,11,13-14,16,18-22,26H2,1-2H3,(H,49,55,57). The molecule has 5 aromatic rings. The molecule has 0 radical (unpaired) electrons. The van der Waals surface area contributed by atoms with Crippen molar-refractivity contribution in [1.29, 1.82) is 0 Å². The molecule has 3 aliphatic rings. The lowest BCUT2D eigenvalue weighted by Gasteiger charge is -2.37. The van der Waals surface area contributed by atoms with E-state index in [9.17, 15) is 19.2 Å². The predicted molar refractivity (Wildman–Crippen MR) is 218 cm³/mol. The summed E-state index contributed by atoms with van der Waals surface area (Å²) < 4.78 is 33.6. The molecule has 3 aromatic carbocycles. The number of nitrogens with one attached hydrogen (secondary N) is 3. The first-order valence-electron chi connectivity index (χ1n) is 19.5. The van der Waals surface area contributed by atoms with Crippen LogP contribution in [0.25, 0.3) is 27.6 Å². The summed E-state index contributed by atoms with van der Waals surface area (Å²) in [4.78, 5) is 60.4. The summed E-state index contributed by atoms with van der Waals surface area (Å²) in [5.74, 6) is -1.88. The Balaban J connectivity index is 0.989. The highest BCUT2D eigenvalue weighted by Gasteiger charge is 2.28. The molecule has 300 valence electrons. The van der Waals surface area contributed by atoms with Gasteiger partial charge in [0.1, 0.15) is 17.6 Å². The molecule has 2 fully saturated rings. The number of imide groups is 1. The summed E-state index contributed by atoms with van der Waals surface area (Å²) in [6, 6.07) is 17.6. The van der Waals surface area contributed by atoms with E-state index in [1.54, 1.807) is 48.1 Å². The fourth-order valence-electron chi connectivity index (χ4n) is 7.98. The molecule has 5 heterocycles. The number of amides is 4. The maximum atomic E-state index is 16.5. The lowest BCUT2D eigenvalue weighted by atomic mass is 9.93. The number of hydrogen-bond acceptors (Lipinski definition) is 8. The Morgan fingerprint density at radius 2 is 1.72 bits per heavy atom. The van der Waals surface area contributed by atoms with Gasteiger partial charge in [0.15, 0.2) is 5.82 Å². The highest BCUT2D eigenvalue weighted by Crippen LogP contribution is 2.38. The number of hydrogen-bond donors (Lipinski definition) is 3. The highest BCUT2D eigenvalue weighted by atomic mass is 19.1. The Hall–Kier alpha value is -6.51. The molecule has 0 aliphatic carbocycles. The molecule has 3 N–H and O–H groups in total. The van der Waals surface area contributed by atoms with Crippen molar-refractivity contribution in [2.45, 2.75) is 38.3 Å². The SMILES string of the molecule is CN(C)C(=O)c1cc2c(-c3ccc(N4CCN(c5ccc(NC6CCC(=O)NC6=O)cc5F)CC4)cc3)cc(C3=CCCN(C(=O)CCn4cccn4)C3)c(F)c2[nH]1. The van der Waals surface area contributed by atoms with E-state index in [2.05, 4.69) is 25.6 Å². The van der Waals surface area contributed by atoms with Gasteiger partial charge in [0.05, 0.1) is 11.2 Å². The van der Waals surface area contributed by atoms with Gasteiger partial charge in [-0.05, 0) is 78.1 Å². The lowest BCUT2D eigenvalue weighted by Crippen LogP contribution is -2.47. The van der Waals surface area contributed by atoms with E-state index in [4.69, 9.17) is 0 Å². The lowest BCUT2D eigenvalue weighted by molar-refractivity contribution is -0.134. The number of rotatable bonds is 10. The van der Waals surface area contributed by atoms with Crippen LogP contribution in [0.15, 0.2) is 79.1 Å². The van der Waals surface area contributed by atoms with Crippen LogP contribution in [0, 0.1) is 11.6 Å². The average molecular weight is 790 g/mol. The maximum Gasteiger partial charge on any atom is 0.269 e. The van der Waals surface area contributed by atoms with Gasteiger partial charge in [0, 0.05) is 107 Å². The number of carbonyl (C=O) groups is 4. The van der Waals surface area contributed by atoms with E-state index in [0.29, 0.717) is 80.0 Å². The Bertz CT molecular complexity index is 2400. The van der Waals surface area contributed by atoms with Crippen molar-refractivity contribution in [3.8, 4) is 11.1 Å². The molecule has 0 spiro atoms. The average Bonchev–Trinajstić information content (AvgIpc) is 3.93. The first-order chi connectivity index (χ1) is 28.0. The van der Waals surface area contributed by atoms with E-state index in [-0.39, 0.29) is 48.3 Å². The van der Waals surface area contributed by atoms with Crippen LogP contribution >= 0.6 is 0 Å². The third-order valence-electron chi connectivity index (χ3n) is 11.1. The Morgan fingerprint density at radius 3 is 2.43 bits per heavy atom. The highest BCUT2D eigenvalue weighted by molar-refractivity contribution is 6.05. The molecule has 1 atom stereocenters. The number of piperazine rings is 1. The smallest absolute Gasteiger partial charge is 0.269 e. The molecule has 4 amide bonds. The zero-order valence-corrected chi connectivity index (χ0v) is 32.4. The van der Waals surface area contributed by atoms with Gasteiger partial charge in [0.25, 0.3) is 5.91 Å². The number of carbonyl (C=O) groups excluding carboxylic acids is 4. The second-order valence-corrected chi connectivity index (χ2v) is 15.1. The molecule has 3 aliphatic heterocycles. The third-order valence-corrected chi connectivity index (χ3v) is 11.1. The molecule has 58 heavy (non-hydrogen) atoms. The van der Waals surface area contributed by atoms with Crippen LogP contribution in [0.2, 0.25) is 0 Å². The Labute approximate surface area is 334 Å². The van der Waals surface area contributed by atoms with Crippen molar-refractivity contribution >= 4 is 57.2 Å². The molecule has 0 saturated carbocycles. The van der Waals surface area contributed by atoms with Crippen molar-refractivity contribution in [2.75, 3.05) is 68.5 Å². The van der Waals surface area contributed by atoms with E-state index >= 15 is 8.78 Å². The summed E-state index contributed by atoms with van der Waals surface area (Å²) >= 11 is 0. The topological polar surface area (TPSA) is 139 Å². The zero-order chi connectivity index (χ0) is 40.5. The van der Waals surface area contributed by atoms with E-state index < -0.39 is 23.6 Å².